The van der Waals surface area contributed by atoms with Gasteiger partial charge in [0.25, 0.3) is 0 Å². The van der Waals surface area contributed by atoms with Crippen molar-refractivity contribution in [2.45, 2.75) is 18.7 Å². The maximum atomic E-state index is 11.9. The lowest BCUT2D eigenvalue weighted by Gasteiger charge is -2.14. The van der Waals surface area contributed by atoms with E-state index in [1.54, 1.807) is 25.1 Å². The van der Waals surface area contributed by atoms with Crippen LogP contribution in [0.3, 0.4) is 0 Å². The third-order valence-electron chi connectivity index (χ3n) is 2.51. The fourth-order valence-electron chi connectivity index (χ4n) is 1.38. The van der Waals surface area contributed by atoms with Crippen LogP contribution in [-0.4, -0.2) is 26.6 Å². The minimum Gasteiger partial charge on any atom is -0.384 e. The Hall–Kier alpha value is -0.740. The quantitative estimate of drug-likeness (QED) is 0.812. The molecule has 0 amide bonds. The summed E-state index contributed by atoms with van der Waals surface area (Å²) in [7, 11) is -3.18. The summed E-state index contributed by atoms with van der Waals surface area (Å²) in [5.41, 5.74) is 0.659. The average Bonchev–Trinajstić information content (AvgIpc) is 2.36. The number of hydrogen-bond donors (Lipinski definition) is 1. The third kappa shape index (κ3) is 3.89. The van der Waals surface area contributed by atoms with Crippen molar-refractivity contribution < 1.29 is 8.42 Å². The lowest BCUT2D eigenvalue weighted by molar-refractivity contribution is 0.597. The molecule has 1 N–H and O–H groups in total. The maximum absolute atomic E-state index is 11.9. The van der Waals surface area contributed by atoms with Gasteiger partial charge >= 0.3 is 0 Å². The van der Waals surface area contributed by atoms with Gasteiger partial charge in [0, 0.05) is 12.4 Å². The van der Waals surface area contributed by atoms with Crippen LogP contribution in [-0.2, 0) is 9.84 Å². The molecule has 1 rings (SSSR count). The lowest BCUT2D eigenvalue weighted by Crippen LogP contribution is -2.15. The Morgan fingerprint density at radius 1 is 1.35 bits per heavy atom. The maximum Gasteiger partial charge on any atom is 0.180 e. The van der Waals surface area contributed by atoms with Crippen LogP contribution in [0.5, 0.6) is 0 Å². The molecule has 0 spiro atoms. The Labute approximate surface area is 108 Å². The predicted molar refractivity (Wildman–Crippen MR) is 72.5 cm³/mol. The highest BCUT2D eigenvalue weighted by atomic mass is 35.5. The van der Waals surface area contributed by atoms with Crippen LogP contribution in [0.25, 0.3) is 0 Å². The van der Waals surface area contributed by atoms with Gasteiger partial charge in [0.05, 0.1) is 16.3 Å². The summed E-state index contributed by atoms with van der Waals surface area (Å²) in [6.45, 7) is 4.32. The predicted octanol–water partition coefficient (Wildman–Crippen LogP) is 2.77. The van der Waals surface area contributed by atoms with E-state index < -0.39 is 9.84 Å². The summed E-state index contributed by atoms with van der Waals surface area (Å²) in [4.78, 5) is 0.365. The molecule has 0 saturated heterocycles. The fourth-order valence-corrected chi connectivity index (χ4v) is 2.56. The first-order valence-corrected chi connectivity index (χ1v) is 7.81. The standard InChI is InChI=1S/C12H18ClNO2S/c1-3-17(15,16)12-7-5-4-6-11(12)14-9-10(2)8-13/h4-7,10,14H,3,8-9H2,1-2H3. The molecule has 0 aliphatic carbocycles. The van der Waals surface area contributed by atoms with Crippen molar-refractivity contribution in [3.05, 3.63) is 24.3 Å². The van der Waals surface area contributed by atoms with Crippen molar-refractivity contribution in [2.75, 3.05) is 23.5 Å². The van der Waals surface area contributed by atoms with Gasteiger partial charge in [-0.2, -0.15) is 0 Å². The minimum atomic E-state index is -3.18. The van der Waals surface area contributed by atoms with Gasteiger partial charge in [0.2, 0.25) is 0 Å². The zero-order chi connectivity index (χ0) is 12.9. The molecule has 1 aromatic carbocycles. The Morgan fingerprint density at radius 3 is 2.59 bits per heavy atom. The van der Waals surface area contributed by atoms with Crippen molar-refractivity contribution in [1.82, 2.24) is 0 Å². The molecule has 0 aliphatic rings. The number of anilines is 1. The number of para-hydroxylation sites is 1. The van der Waals surface area contributed by atoms with Crippen LogP contribution in [0.1, 0.15) is 13.8 Å². The third-order valence-corrected chi connectivity index (χ3v) is 4.82. The van der Waals surface area contributed by atoms with Crippen LogP contribution in [0, 0.1) is 5.92 Å². The van der Waals surface area contributed by atoms with Gasteiger partial charge < -0.3 is 5.32 Å². The normalized spacial score (nSPS) is 13.4. The molecule has 0 saturated carbocycles. The van der Waals surface area contributed by atoms with Crippen molar-refractivity contribution in [1.29, 1.82) is 0 Å². The van der Waals surface area contributed by atoms with Crippen molar-refractivity contribution in [3.8, 4) is 0 Å². The lowest BCUT2D eigenvalue weighted by atomic mass is 10.2. The van der Waals surface area contributed by atoms with Gasteiger partial charge in [-0.1, -0.05) is 26.0 Å². The number of nitrogens with one attached hydrogen (secondary N) is 1. The highest BCUT2D eigenvalue weighted by molar-refractivity contribution is 7.91. The van der Waals surface area contributed by atoms with Gasteiger partial charge in [-0.25, -0.2) is 8.42 Å². The number of benzene rings is 1. The Morgan fingerprint density at radius 2 is 2.00 bits per heavy atom. The van der Waals surface area contributed by atoms with E-state index in [4.69, 9.17) is 11.6 Å². The molecule has 0 fully saturated rings. The molecule has 0 aliphatic heterocycles. The first kappa shape index (κ1) is 14.3. The molecule has 5 heteroatoms. The van der Waals surface area contributed by atoms with E-state index in [0.29, 0.717) is 28.9 Å². The molecular weight excluding hydrogens is 258 g/mol. The number of alkyl halides is 1. The number of rotatable bonds is 6. The number of halogens is 1. The first-order valence-electron chi connectivity index (χ1n) is 5.63. The summed E-state index contributed by atoms with van der Waals surface area (Å²) in [5, 5.41) is 3.14. The Balaban J connectivity index is 2.93. The zero-order valence-corrected chi connectivity index (χ0v) is 11.7. The first-order chi connectivity index (χ1) is 8.01. The van der Waals surface area contributed by atoms with E-state index in [-0.39, 0.29) is 5.75 Å². The molecular formula is C12H18ClNO2S. The van der Waals surface area contributed by atoms with E-state index in [9.17, 15) is 8.42 Å². The Kier molecular flexibility index (Phi) is 5.28. The molecule has 1 aromatic rings. The number of hydrogen-bond acceptors (Lipinski definition) is 3. The minimum absolute atomic E-state index is 0.108. The zero-order valence-electron chi connectivity index (χ0n) is 10.1. The molecule has 0 bridgehead atoms. The monoisotopic (exact) mass is 275 g/mol. The van der Waals surface area contributed by atoms with Crippen molar-refractivity contribution in [2.24, 2.45) is 5.92 Å². The second kappa shape index (κ2) is 6.26. The van der Waals surface area contributed by atoms with Gasteiger partial charge in [-0.05, 0) is 18.1 Å². The van der Waals surface area contributed by atoms with E-state index >= 15 is 0 Å². The summed E-state index contributed by atoms with van der Waals surface area (Å²) in [6, 6.07) is 6.97. The van der Waals surface area contributed by atoms with Crippen LogP contribution in [0.4, 0.5) is 5.69 Å². The second-order valence-corrected chi connectivity index (χ2v) is 6.60. The smallest absolute Gasteiger partial charge is 0.180 e. The molecule has 0 heterocycles. The molecule has 0 radical (unpaired) electrons. The summed E-state index contributed by atoms with van der Waals surface area (Å²) < 4.78 is 23.7. The van der Waals surface area contributed by atoms with Crippen LogP contribution in [0.2, 0.25) is 0 Å². The molecule has 96 valence electrons. The molecule has 17 heavy (non-hydrogen) atoms. The largest absolute Gasteiger partial charge is 0.384 e. The summed E-state index contributed by atoms with van der Waals surface area (Å²) >= 11 is 5.72. The van der Waals surface area contributed by atoms with Crippen LogP contribution < -0.4 is 5.32 Å². The van der Waals surface area contributed by atoms with E-state index in [1.807, 2.05) is 13.0 Å². The van der Waals surface area contributed by atoms with E-state index in [1.165, 1.54) is 0 Å². The van der Waals surface area contributed by atoms with Gasteiger partial charge in [-0.3, -0.25) is 0 Å². The van der Waals surface area contributed by atoms with Crippen LogP contribution in [0.15, 0.2) is 29.2 Å². The summed E-state index contributed by atoms with van der Waals surface area (Å²) in [5.74, 6) is 0.959. The molecule has 0 aromatic heterocycles. The van der Waals surface area contributed by atoms with Gasteiger partial charge in [0.15, 0.2) is 9.84 Å². The topological polar surface area (TPSA) is 46.2 Å². The van der Waals surface area contributed by atoms with Crippen LogP contribution >= 0.6 is 11.6 Å². The fraction of sp³-hybridized carbons (Fsp3) is 0.500. The Bertz CT molecular complexity index is 459. The molecule has 1 unspecified atom stereocenters. The summed E-state index contributed by atoms with van der Waals surface area (Å²) in [6.07, 6.45) is 0. The second-order valence-electron chi connectivity index (χ2n) is 4.04. The highest BCUT2D eigenvalue weighted by Gasteiger charge is 2.15. The average molecular weight is 276 g/mol. The van der Waals surface area contributed by atoms with Gasteiger partial charge in [0.1, 0.15) is 0 Å². The molecule has 3 nitrogen and oxygen atoms in total. The SMILES string of the molecule is CCS(=O)(=O)c1ccccc1NCC(C)CCl. The van der Waals surface area contributed by atoms with Crippen molar-refractivity contribution >= 4 is 27.1 Å². The van der Waals surface area contributed by atoms with Crippen molar-refractivity contribution in [3.63, 3.8) is 0 Å². The molecule has 1 atom stereocenters. The van der Waals surface area contributed by atoms with Gasteiger partial charge in [-0.15, -0.1) is 11.6 Å². The number of sulfone groups is 1. The van der Waals surface area contributed by atoms with E-state index in [2.05, 4.69) is 5.32 Å². The van der Waals surface area contributed by atoms with E-state index in [0.717, 1.165) is 0 Å². The highest BCUT2D eigenvalue weighted by Crippen LogP contribution is 2.22.